The summed E-state index contributed by atoms with van der Waals surface area (Å²) in [5.41, 5.74) is 0.912. The quantitative estimate of drug-likeness (QED) is 0.743. The van der Waals surface area contributed by atoms with Gasteiger partial charge >= 0.3 is 0 Å². The second-order valence-corrected chi connectivity index (χ2v) is 6.06. The van der Waals surface area contributed by atoms with Gasteiger partial charge in [-0.25, -0.2) is 0 Å². The van der Waals surface area contributed by atoms with Crippen LogP contribution < -0.4 is 14.2 Å². The van der Waals surface area contributed by atoms with Crippen LogP contribution in [-0.4, -0.2) is 63.7 Å². The number of rotatable bonds is 9. The molecule has 6 nitrogen and oxygen atoms in total. The van der Waals surface area contributed by atoms with E-state index in [0.717, 1.165) is 18.7 Å². The number of ether oxygens (including phenoxy) is 4. The molecule has 0 radical (unpaired) electrons. The minimum atomic E-state index is -0.467. The summed E-state index contributed by atoms with van der Waals surface area (Å²) < 4.78 is 21.6. The molecular weight excluding hydrogens is 310 g/mol. The molecule has 1 N–H and O–H groups in total. The van der Waals surface area contributed by atoms with Crippen LogP contribution in [0.1, 0.15) is 24.8 Å². The molecule has 1 saturated heterocycles. The van der Waals surface area contributed by atoms with Crippen molar-refractivity contribution in [1.82, 2.24) is 4.90 Å². The SMILES string of the molecule is COc1cc(COC[C@H](O)CN2CCCCC2)cc(OC)c1OC. The number of piperidine rings is 1. The van der Waals surface area contributed by atoms with E-state index in [2.05, 4.69) is 4.90 Å². The monoisotopic (exact) mass is 339 g/mol. The molecule has 0 spiro atoms. The summed E-state index contributed by atoms with van der Waals surface area (Å²) in [6, 6.07) is 3.72. The van der Waals surface area contributed by atoms with Crippen molar-refractivity contribution < 1.29 is 24.1 Å². The lowest BCUT2D eigenvalue weighted by molar-refractivity contribution is 0.00705. The van der Waals surface area contributed by atoms with Gasteiger partial charge in [-0.05, 0) is 43.6 Å². The van der Waals surface area contributed by atoms with Crippen LogP contribution in [0.2, 0.25) is 0 Å². The van der Waals surface area contributed by atoms with Crippen LogP contribution in [0.15, 0.2) is 12.1 Å². The van der Waals surface area contributed by atoms with Crippen LogP contribution in [0.3, 0.4) is 0 Å². The molecule has 0 aliphatic carbocycles. The molecular formula is C18H29NO5. The molecule has 0 saturated carbocycles. The van der Waals surface area contributed by atoms with Gasteiger partial charge < -0.3 is 29.0 Å². The van der Waals surface area contributed by atoms with Gasteiger partial charge in [0, 0.05) is 6.54 Å². The second-order valence-electron chi connectivity index (χ2n) is 6.06. The average Bonchev–Trinajstić information content (AvgIpc) is 2.61. The summed E-state index contributed by atoms with van der Waals surface area (Å²) in [4.78, 5) is 2.30. The highest BCUT2D eigenvalue weighted by molar-refractivity contribution is 5.53. The molecule has 1 aliphatic rings. The summed E-state index contributed by atoms with van der Waals surface area (Å²) in [6.45, 7) is 3.52. The first kappa shape index (κ1) is 18.8. The zero-order chi connectivity index (χ0) is 17.4. The third-order valence-electron chi connectivity index (χ3n) is 4.22. The highest BCUT2D eigenvalue weighted by atomic mass is 16.5. The highest BCUT2D eigenvalue weighted by Crippen LogP contribution is 2.38. The minimum Gasteiger partial charge on any atom is -0.493 e. The van der Waals surface area contributed by atoms with Crippen molar-refractivity contribution in [2.24, 2.45) is 0 Å². The van der Waals surface area contributed by atoms with Crippen LogP contribution in [0.25, 0.3) is 0 Å². The van der Waals surface area contributed by atoms with E-state index in [1.54, 1.807) is 21.3 Å². The predicted molar refractivity (Wildman–Crippen MR) is 92.1 cm³/mol. The van der Waals surface area contributed by atoms with Gasteiger partial charge in [0.2, 0.25) is 5.75 Å². The van der Waals surface area contributed by atoms with Crippen LogP contribution in [0.4, 0.5) is 0 Å². The Morgan fingerprint density at radius 3 is 2.17 bits per heavy atom. The lowest BCUT2D eigenvalue weighted by Crippen LogP contribution is -2.38. The molecule has 1 heterocycles. The first-order valence-electron chi connectivity index (χ1n) is 8.45. The van der Waals surface area contributed by atoms with E-state index >= 15 is 0 Å². The average molecular weight is 339 g/mol. The second kappa shape index (κ2) is 9.71. The molecule has 0 unspecified atom stereocenters. The molecule has 6 heteroatoms. The number of hydrogen-bond acceptors (Lipinski definition) is 6. The molecule has 136 valence electrons. The van der Waals surface area contributed by atoms with Gasteiger partial charge in [-0.2, -0.15) is 0 Å². The van der Waals surface area contributed by atoms with Crippen molar-refractivity contribution in [3.05, 3.63) is 17.7 Å². The maximum absolute atomic E-state index is 10.1. The predicted octanol–water partition coefficient (Wildman–Crippen LogP) is 2.08. The zero-order valence-electron chi connectivity index (χ0n) is 14.9. The smallest absolute Gasteiger partial charge is 0.203 e. The van der Waals surface area contributed by atoms with Crippen LogP contribution in [-0.2, 0) is 11.3 Å². The number of likely N-dealkylation sites (tertiary alicyclic amines) is 1. The van der Waals surface area contributed by atoms with Gasteiger partial charge in [0.25, 0.3) is 0 Å². The largest absolute Gasteiger partial charge is 0.493 e. The van der Waals surface area contributed by atoms with Crippen molar-refractivity contribution in [2.75, 3.05) is 47.6 Å². The topological polar surface area (TPSA) is 60.4 Å². The number of hydrogen-bond donors (Lipinski definition) is 1. The lowest BCUT2D eigenvalue weighted by Gasteiger charge is -2.28. The van der Waals surface area contributed by atoms with Gasteiger partial charge in [-0.3, -0.25) is 0 Å². The van der Waals surface area contributed by atoms with Gasteiger partial charge in [0.1, 0.15) is 0 Å². The fourth-order valence-corrected chi connectivity index (χ4v) is 3.02. The molecule has 2 rings (SSSR count). The summed E-state index contributed by atoms with van der Waals surface area (Å²) in [5, 5.41) is 10.1. The fraction of sp³-hybridized carbons (Fsp3) is 0.667. The molecule has 0 bridgehead atoms. The molecule has 1 fully saturated rings. The van der Waals surface area contributed by atoms with Crippen molar-refractivity contribution in [3.8, 4) is 17.2 Å². The van der Waals surface area contributed by atoms with E-state index < -0.39 is 6.10 Å². The van der Waals surface area contributed by atoms with Gasteiger partial charge in [-0.1, -0.05) is 6.42 Å². The fourth-order valence-electron chi connectivity index (χ4n) is 3.02. The molecule has 0 aromatic heterocycles. The van der Waals surface area contributed by atoms with E-state index in [0.29, 0.717) is 37.0 Å². The molecule has 24 heavy (non-hydrogen) atoms. The van der Waals surface area contributed by atoms with Crippen molar-refractivity contribution in [2.45, 2.75) is 32.0 Å². The molecule has 1 aromatic carbocycles. The molecule has 1 atom stereocenters. The van der Waals surface area contributed by atoms with Gasteiger partial charge in [0.15, 0.2) is 11.5 Å². The van der Waals surface area contributed by atoms with Crippen molar-refractivity contribution in [3.63, 3.8) is 0 Å². The Labute approximate surface area is 144 Å². The number of nitrogens with zero attached hydrogens (tertiary/aromatic N) is 1. The Morgan fingerprint density at radius 2 is 1.62 bits per heavy atom. The first-order chi connectivity index (χ1) is 11.7. The number of benzene rings is 1. The summed E-state index contributed by atoms with van der Waals surface area (Å²) in [7, 11) is 4.75. The Balaban J connectivity index is 1.84. The Kier molecular flexibility index (Phi) is 7.62. The van der Waals surface area contributed by atoms with Crippen LogP contribution in [0.5, 0.6) is 17.2 Å². The maximum Gasteiger partial charge on any atom is 0.203 e. The molecule has 0 amide bonds. The summed E-state index contributed by atoms with van der Waals surface area (Å²) >= 11 is 0. The maximum atomic E-state index is 10.1. The van der Waals surface area contributed by atoms with Crippen LogP contribution in [0, 0.1) is 0 Å². The summed E-state index contributed by atoms with van der Waals surface area (Å²) in [5.74, 6) is 1.77. The van der Waals surface area contributed by atoms with E-state index in [1.807, 2.05) is 12.1 Å². The van der Waals surface area contributed by atoms with Crippen LogP contribution >= 0.6 is 0 Å². The molecule has 1 aliphatic heterocycles. The number of aliphatic hydroxyl groups is 1. The third kappa shape index (κ3) is 5.26. The Morgan fingerprint density at radius 1 is 1.00 bits per heavy atom. The van der Waals surface area contributed by atoms with E-state index in [1.165, 1.54) is 19.3 Å². The number of β-amino-alcohol motifs (C(OH)–C–C–N with tert-alkyl or cyclic N) is 1. The van der Waals surface area contributed by atoms with E-state index in [9.17, 15) is 5.11 Å². The van der Waals surface area contributed by atoms with Crippen molar-refractivity contribution >= 4 is 0 Å². The zero-order valence-corrected chi connectivity index (χ0v) is 14.9. The third-order valence-corrected chi connectivity index (χ3v) is 4.22. The summed E-state index contributed by atoms with van der Waals surface area (Å²) in [6.07, 6.45) is 3.27. The lowest BCUT2D eigenvalue weighted by atomic mass is 10.1. The minimum absolute atomic E-state index is 0.313. The van der Waals surface area contributed by atoms with Gasteiger partial charge in [-0.15, -0.1) is 0 Å². The van der Waals surface area contributed by atoms with Crippen molar-refractivity contribution in [1.29, 1.82) is 0 Å². The highest BCUT2D eigenvalue weighted by Gasteiger charge is 2.16. The molecule has 1 aromatic rings. The van der Waals surface area contributed by atoms with E-state index in [-0.39, 0.29) is 0 Å². The Bertz CT molecular complexity index is 477. The van der Waals surface area contributed by atoms with E-state index in [4.69, 9.17) is 18.9 Å². The number of aliphatic hydroxyl groups excluding tert-OH is 1. The Hall–Kier alpha value is -1.50. The van der Waals surface area contributed by atoms with Gasteiger partial charge in [0.05, 0.1) is 40.6 Å². The standard InChI is InChI=1S/C18H29NO5/c1-21-16-9-14(10-17(22-2)18(16)23-3)12-24-13-15(20)11-19-7-5-4-6-8-19/h9-10,15,20H,4-8,11-13H2,1-3H3/t15-/m1/s1. The number of methoxy groups -OCH3 is 3. The first-order valence-corrected chi connectivity index (χ1v) is 8.45. The normalized spacial score (nSPS) is 16.7.